The first kappa shape index (κ1) is 42.8. The molecule has 0 fully saturated rings. The van der Waals surface area contributed by atoms with E-state index in [1.807, 2.05) is 6.20 Å². The maximum Gasteiger partial charge on any atom is 0.137 e. The lowest BCUT2D eigenvalue weighted by Gasteiger charge is -2.28. The summed E-state index contributed by atoms with van der Waals surface area (Å²) in [5.41, 5.74) is 15.7. The van der Waals surface area contributed by atoms with Gasteiger partial charge in [-0.1, -0.05) is 153 Å². The summed E-state index contributed by atoms with van der Waals surface area (Å²) in [7, 11) is 0. The van der Waals surface area contributed by atoms with Gasteiger partial charge in [0.1, 0.15) is 24.0 Å². The molecular formula is C61H60N4O. The van der Waals surface area contributed by atoms with Gasteiger partial charge in [0.2, 0.25) is 0 Å². The minimum atomic E-state index is -0.173. The summed E-state index contributed by atoms with van der Waals surface area (Å²) < 4.78 is 9.12. The number of para-hydroxylation sites is 1. The normalized spacial score (nSPS) is 13.1. The van der Waals surface area contributed by atoms with Crippen molar-refractivity contribution < 1.29 is 4.74 Å². The van der Waals surface area contributed by atoms with E-state index in [-0.39, 0.29) is 10.8 Å². The summed E-state index contributed by atoms with van der Waals surface area (Å²) in [5.74, 6) is 3.21. The van der Waals surface area contributed by atoms with Gasteiger partial charge in [-0.05, 0) is 123 Å². The average molecular weight is 865 g/mol. The SMILES string of the molecule is CC(C)c1cccc(C(C)C)c1-c1ccc2c(c1)N(c1cccc(Oc3ccc4c5ccccc5n(-c5cc(C(C)(C)C)ccn5)c4c3)c1)CN2c1cccc(C(C)(C)c2ccccc2)c1. The highest BCUT2D eigenvalue weighted by molar-refractivity contribution is 6.09. The average Bonchev–Trinajstić information content (AvgIpc) is 3.87. The highest BCUT2D eigenvalue weighted by Crippen LogP contribution is 2.49. The number of aromatic nitrogens is 2. The lowest BCUT2D eigenvalue weighted by molar-refractivity contribution is 0.483. The fourth-order valence-corrected chi connectivity index (χ4v) is 9.95. The van der Waals surface area contributed by atoms with Crippen molar-refractivity contribution in [1.82, 2.24) is 9.55 Å². The zero-order chi connectivity index (χ0) is 45.9. The van der Waals surface area contributed by atoms with Crippen molar-refractivity contribution in [3.8, 4) is 28.4 Å². The molecule has 0 amide bonds. The lowest BCUT2D eigenvalue weighted by atomic mass is 9.78. The fraction of sp³-hybridized carbons (Fsp3) is 0.230. The predicted octanol–water partition coefficient (Wildman–Crippen LogP) is 16.8. The standard InChI is InChI=1S/C61H60N4O/c1-40(2)50-25-17-26-51(41(3)4)59(50)42-28-31-55-57(34-42)64(39-63(55)46-21-15-20-45(35-46)61(8,9)43-18-11-10-12-19-43)47-22-16-23-48(37-47)66-49-29-30-53-52-24-13-14-27-54(52)65(56(53)38-49)58-36-44(32-33-62-58)60(5,6)7/h10-38,40-41H,39H2,1-9H3. The van der Waals surface area contributed by atoms with E-state index in [0.29, 0.717) is 18.5 Å². The highest BCUT2D eigenvalue weighted by atomic mass is 16.5. The molecule has 9 aromatic rings. The molecule has 5 heteroatoms. The van der Waals surface area contributed by atoms with Crippen LogP contribution in [0.2, 0.25) is 0 Å². The number of benzene rings is 7. The van der Waals surface area contributed by atoms with E-state index >= 15 is 0 Å². The highest BCUT2D eigenvalue weighted by Gasteiger charge is 2.31. The molecule has 0 bridgehead atoms. The van der Waals surface area contributed by atoms with Crippen molar-refractivity contribution in [3.63, 3.8) is 0 Å². The molecule has 0 spiro atoms. The van der Waals surface area contributed by atoms with Crippen molar-refractivity contribution in [3.05, 3.63) is 204 Å². The van der Waals surface area contributed by atoms with E-state index < -0.39 is 0 Å². The summed E-state index contributed by atoms with van der Waals surface area (Å²) in [6.07, 6.45) is 1.93. The second kappa shape index (κ2) is 16.7. The van der Waals surface area contributed by atoms with Gasteiger partial charge in [0.05, 0.1) is 22.4 Å². The third-order valence-corrected chi connectivity index (χ3v) is 13.7. The van der Waals surface area contributed by atoms with Crippen molar-refractivity contribution >= 4 is 44.6 Å². The van der Waals surface area contributed by atoms with Crippen LogP contribution in [-0.2, 0) is 10.8 Å². The number of ether oxygens (including phenoxy) is 1. The summed E-state index contributed by atoms with van der Waals surface area (Å²) in [4.78, 5) is 9.82. The zero-order valence-corrected chi connectivity index (χ0v) is 39.8. The van der Waals surface area contributed by atoms with Gasteiger partial charge in [-0.3, -0.25) is 4.57 Å². The van der Waals surface area contributed by atoms with E-state index in [0.717, 1.165) is 45.1 Å². The van der Waals surface area contributed by atoms with Gasteiger partial charge < -0.3 is 14.5 Å². The molecule has 7 aromatic carbocycles. The lowest BCUT2D eigenvalue weighted by Crippen LogP contribution is -2.25. The van der Waals surface area contributed by atoms with E-state index in [9.17, 15) is 0 Å². The molecule has 0 atom stereocenters. The number of hydrogen-bond acceptors (Lipinski definition) is 4. The topological polar surface area (TPSA) is 33.5 Å². The molecule has 0 unspecified atom stereocenters. The largest absolute Gasteiger partial charge is 0.457 e. The van der Waals surface area contributed by atoms with Crippen molar-refractivity contribution in [2.24, 2.45) is 0 Å². The molecule has 10 rings (SSSR count). The van der Waals surface area contributed by atoms with Crippen molar-refractivity contribution in [2.45, 2.75) is 85.0 Å². The molecule has 330 valence electrons. The maximum atomic E-state index is 6.85. The van der Waals surface area contributed by atoms with E-state index in [4.69, 9.17) is 9.72 Å². The van der Waals surface area contributed by atoms with Crippen LogP contribution >= 0.6 is 0 Å². The van der Waals surface area contributed by atoms with Crippen LogP contribution in [0.4, 0.5) is 22.7 Å². The Balaban J connectivity index is 1.06. The third-order valence-electron chi connectivity index (χ3n) is 13.7. The smallest absolute Gasteiger partial charge is 0.137 e. The van der Waals surface area contributed by atoms with Crippen molar-refractivity contribution in [2.75, 3.05) is 16.5 Å². The second-order valence-corrected chi connectivity index (χ2v) is 20.1. The second-order valence-electron chi connectivity index (χ2n) is 20.1. The Labute approximate surface area is 391 Å². The first-order valence-electron chi connectivity index (χ1n) is 23.5. The Kier molecular flexibility index (Phi) is 10.8. The van der Waals surface area contributed by atoms with Gasteiger partial charge in [-0.15, -0.1) is 0 Å². The van der Waals surface area contributed by atoms with Crippen LogP contribution < -0.4 is 14.5 Å². The van der Waals surface area contributed by atoms with Gasteiger partial charge in [-0.2, -0.15) is 0 Å². The molecule has 0 N–H and O–H groups in total. The van der Waals surface area contributed by atoms with Gasteiger partial charge in [0.25, 0.3) is 0 Å². The minimum Gasteiger partial charge on any atom is -0.457 e. The summed E-state index contributed by atoms with van der Waals surface area (Å²) in [6, 6.07) is 61.8. The maximum absolute atomic E-state index is 6.85. The number of rotatable bonds is 10. The molecule has 5 nitrogen and oxygen atoms in total. The Bertz CT molecular complexity index is 3220. The monoisotopic (exact) mass is 864 g/mol. The van der Waals surface area contributed by atoms with Crippen LogP contribution in [0, 0.1) is 0 Å². The Hall–Kier alpha value is -7.11. The minimum absolute atomic E-state index is 0.0108. The molecule has 1 aliphatic heterocycles. The third kappa shape index (κ3) is 7.70. The van der Waals surface area contributed by atoms with Crippen LogP contribution in [0.25, 0.3) is 38.8 Å². The molecule has 2 aromatic heterocycles. The number of fused-ring (bicyclic) bond motifs is 4. The van der Waals surface area contributed by atoms with Crippen molar-refractivity contribution in [1.29, 1.82) is 0 Å². The number of hydrogen-bond donors (Lipinski definition) is 0. The number of anilines is 4. The van der Waals surface area contributed by atoms with Crippen LogP contribution in [0.1, 0.15) is 102 Å². The number of nitrogens with zero attached hydrogens (tertiary/aromatic N) is 4. The first-order chi connectivity index (χ1) is 31.8. The van der Waals surface area contributed by atoms with Crippen LogP contribution in [0.3, 0.4) is 0 Å². The summed E-state index contributed by atoms with van der Waals surface area (Å²) in [6.45, 7) is 21.2. The molecule has 0 aliphatic carbocycles. The summed E-state index contributed by atoms with van der Waals surface area (Å²) >= 11 is 0. The fourth-order valence-electron chi connectivity index (χ4n) is 9.95. The molecule has 3 heterocycles. The van der Waals surface area contributed by atoms with E-state index in [1.54, 1.807) is 0 Å². The Morgan fingerprint density at radius 3 is 1.88 bits per heavy atom. The molecule has 66 heavy (non-hydrogen) atoms. The van der Waals surface area contributed by atoms with E-state index in [1.165, 1.54) is 55.7 Å². The number of pyridine rings is 1. The quantitative estimate of drug-likeness (QED) is 0.137. The van der Waals surface area contributed by atoms with Crippen LogP contribution in [0.15, 0.2) is 176 Å². The van der Waals surface area contributed by atoms with Gasteiger partial charge in [-0.25, -0.2) is 4.98 Å². The van der Waals surface area contributed by atoms with Gasteiger partial charge in [0, 0.05) is 45.9 Å². The molecular weight excluding hydrogens is 805 g/mol. The molecule has 0 radical (unpaired) electrons. The van der Waals surface area contributed by atoms with E-state index in [2.05, 4.69) is 247 Å². The molecule has 1 aliphatic rings. The Morgan fingerprint density at radius 2 is 1.14 bits per heavy atom. The van der Waals surface area contributed by atoms with Gasteiger partial charge >= 0.3 is 0 Å². The van der Waals surface area contributed by atoms with Crippen LogP contribution in [-0.4, -0.2) is 16.2 Å². The molecule has 0 saturated heterocycles. The predicted molar refractivity (Wildman–Crippen MR) is 278 cm³/mol. The Morgan fingerprint density at radius 1 is 0.500 bits per heavy atom. The zero-order valence-electron chi connectivity index (χ0n) is 39.8. The van der Waals surface area contributed by atoms with Crippen LogP contribution in [0.5, 0.6) is 11.5 Å². The van der Waals surface area contributed by atoms with Gasteiger partial charge in [0.15, 0.2) is 0 Å². The first-order valence-corrected chi connectivity index (χ1v) is 23.5. The summed E-state index contributed by atoms with van der Waals surface area (Å²) in [5, 5.41) is 2.35. The molecule has 0 saturated carbocycles.